The molecule has 0 bridgehead atoms. The van der Waals surface area contributed by atoms with E-state index in [4.69, 9.17) is 13.3 Å². The third kappa shape index (κ3) is 5.31. The first-order chi connectivity index (χ1) is 35.7. The van der Waals surface area contributed by atoms with Crippen molar-refractivity contribution in [2.24, 2.45) is 0 Å². The molecule has 5 heteroatoms. The summed E-state index contributed by atoms with van der Waals surface area (Å²) in [5.41, 5.74) is 20.1. The van der Waals surface area contributed by atoms with Gasteiger partial charge in [0.05, 0.1) is 16.5 Å². The third-order valence-electron chi connectivity index (χ3n) is 15.4. The second kappa shape index (κ2) is 14.7. The summed E-state index contributed by atoms with van der Waals surface area (Å²) in [7, 11) is 0. The van der Waals surface area contributed by atoms with E-state index in [2.05, 4.69) is 228 Å². The number of benzene rings is 11. The zero-order valence-electron chi connectivity index (χ0n) is 38.7. The molecule has 0 aliphatic heterocycles. The first kappa shape index (κ1) is 39.3. The average molecular weight is 921 g/mol. The second-order valence-corrected chi connectivity index (χ2v) is 19.1. The van der Waals surface area contributed by atoms with Gasteiger partial charge in [-0.05, 0) is 124 Å². The lowest BCUT2D eigenvalue weighted by Crippen LogP contribution is -2.26. The maximum Gasteiger partial charge on any atom is 0.145 e. The van der Waals surface area contributed by atoms with E-state index in [0.29, 0.717) is 0 Å². The minimum Gasteiger partial charge on any atom is -0.456 e. The molecule has 0 amide bonds. The molecule has 0 saturated carbocycles. The highest BCUT2D eigenvalue weighted by atomic mass is 16.3. The Kier molecular flexibility index (Phi) is 8.03. The Bertz CT molecular complexity index is 4500. The number of nitrogens with zero attached hydrogens (tertiary/aromatic N) is 2. The summed E-state index contributed by atoms with van der Waals surface area (Å²) in [6.07, 6.45) is 0. The molecule has 72 heavy (non-hydrogen) atoms. The van der Waals surface area contributed by atoms with Crippen molar-refractivity contribution in [2.75, 3.05) is 9.80 Å². The smallest absolute Gasteiger partial charge is 0.145 e. The maximum absolute atomic E-state index is 7.32. The number of furan rings is 3. The summed E-state index contributed by atoms with van der Waals surface area (Å²) in [4.78, 5) is 4.77. The van der Waals surface area contributed by atoms with Crippen LogP contribution in [0.1, 0.15) is 22.3 Å². The Morgan fingerprint density at radius 2 is 0.736 bits per heavy atom. The van der Waals surface area contributed by atoms with Crippen LogP contribution in [0.5, 0.6) is 0 Å². The molecule has 0 unspecified atom stereocenters. The molecule has 2 aliphatic carbocycles. The number of hydrogen-bond donors (Lipinski definition) is 0. The van der Waals surface area contributed by atoms with Crippen molar-refractivity contribution in [3.63, 3.8) is 0 Å². The average Bonchev–Trinajstić information content (AvgIpc) is 4.24. The van der Waals surface area contributed by atoms with E-state index in [1.54, 1.807) is 0 Å². The molecule has 14 aromatic rings. The van der Waals surface area contributed by atoms with Gasteiger partial charge in [0.15, 0.2) is 0 Å². The molecule has 0 atom stereocenters. The van der Waals surface area contributed by atoms with Gasteiger partial charge in [-0.25, -0.2) is 0 Å². The van der Waals surface area contributed by atoms with Crippen molar-refractivity contribution in [2.45, 2.75) is 5.41 Å². The van der Waals surface area contributed by atoms with Crippen molar-refractivity contribution in [3.05, 3.63) is 265 Å². The van der Waals surface area contributed by atoms with Gasteiger partial charge >= 0.3 is 0 Å². The van der Waals surface area contributed by atoms with Gasteiger partial charge < -0.3 is 23.1 Å². The highest BCUT2D eigenvalue weighted by Crippen LogP contribution is 2.66. The molecule has 336 valence electrons. The third-order valence-corrected chi connectivity index (χ3v) is 15.4. The zero-order valence-corrected chi connectivity index (χ0v) is 38.7. The van der Waals surface area contributed by atoms with Gasteiger partial charge in [-0.15, -0.1) is 0 Å². The molecule has 0 fully saturated rings. The van der Waals surface area contributed by atoms with Crippen LogP contribution in [0.3, 0.4) is 0 Å². The zero-order chi connectivity index (χ0) is 47.1. The van der Waals surface area contributed by atoms with E-state index in [-0.39, 0.29) is 0 Å². The Balaban J connectivity index is 1.01. The lowest BCUT2D eigenvalue weighted by Gasteiger charge is -2.33. The molecule has 0 radical (unpaired) electrons. The van der Waals surface area contributed by atoms with Gasteiger partial charge in [-0.1, -0.05) is 146 Å². The number of para-hydroxylation sites is 5. The molecule has 3 heterocycles. The van der Waals surface area contributed by atoms with E-state index < -0.39 is 5.41 Å². The van der Waals surface area contributed by atoms with Gasteiger partial charge in [0.25, 0.3) is 0 Å². The van der Waals surface area contributed by atoms with Crippen LogP contribution >= 0.6 is 0 Å². The summed E-state index contributed by atoms with van der Waals surface area (Å²) in [6, 6.07) is 87.3. The molecule has 2 aliphatic rings. The molecule has 1 spiro atoms. The largest absolute Gasteiger partial charge is 0.456 e. The van der Waals surface area contributed by atoms with E-state index in [1.807, 2.05) is 24.3 Å². The van der Waals surface area contributed by atoms with Crippen molar-refractivity contribution in [3.8, 4) is 22.3 Å². The second-order valence-electron chi connectivity index (χ2n) is 19.1. The van der Waals surface area contributed by atoms with Crippen LogP contribution in [-0.2, 0) is 5.41 Å². The van der Waals surface area contributed by atoms with Crippen LogP contribution in [0.25, 0.3) is 88.1 Å². The standard InChI is InChI=1S/C67H40N2O3/c1-3-17-41(18-4-1)68(44-31-34-50-48-23-9-14-28-59(48)70-62(50)38-44)43-33-36-52-56(37-43)67(54-26-12-7-21-46(54)47-22-8-13-27-55(47)67)57-40-58(65-53-25-11-16-30-61(53)72-66(65)64(52)57)69(42-19-5-2-6-20-42)45-32-35-51-49-24-10-15-29-60(49)71-63(51)39-45/h1-40H. The van der Waals surface area contributed by atoms with Gasteiger partial charge in [0, 0.05) is 73.1 Å². The molecule has 5 nitrogen and oxygen atoms in total. The normalized spacial score (nSPS) is 13.1. The van der Waals surface area contributed by atoms with Gasteiger partial charge in [0.1, 0.15) is 33.5 Å². The minimum absolute atomic E-state index is 0.730. The van der Waals surface area contributed by atoms with Crippen molar-refractivity contribution in [1.82, 2.24) is 0 Å². The molecule has 0 N–H and O–H groups in total. The fourth-order valence-corrected chi connectivity index (χ4v) is 12.5. The Morgan fingerprint density at radius 1 is 0.278 bits per heavy atom. The van der Waals surface area contributed by atoms with Gasteiger partial charge in [-0.2, -0.15) is 0 Å². The van der Waals surface area contributed by atoms with E-state index >= 15 is 0 Å². The molecular weight excluding hydrogens is 881 g/mol. The first-order valence-electron chi connectivity index (χ1n) is 24.6. The van der Waals surface area contributed by atoms with Crippen LogP contribution < -0.4 is 9.80 Å². The summed E-state index contributed by atoms with van der Waals surface area (Å²) in [6.45, 7) is 0. The predicted octanol–water partition coefficient (Wildman–Crippen LogP) is 18.7. The first-order valence-corrected chi connectivity index (χ1v) is 24.6. The highest BCUT2D eigenvalue weighted by Gasteiger charge is 2.53. The SMILES string of the molecule is c1ccc(N(c2ccc3c(c2)C2(c4ccccc4-c4ccccc42)c2cc(N(c4ccccc4)c4ccc5c(c4)oc4ccccc45)c4c(oc5ccccc54)c2-3)c2ccc3c(c2)oc2ccccc23)cc1. The molecule has 16 rings (SSSR count). The van der Waals surface area contributed by atoms with Crippen molar-refractivity contribution < 1.29 is 13.3 Å². The number of hydrogen-bond acceptors (Lipinski definition) is 5. The molecule has 0 saturated heterocycles. The molecular formula is C67H40N2O3. The Morgan fingerprint density at radius 3 is 1.35 bits per heavy atom. The number of fused-ring (bicyclic) bond motifs is 20. The fourth-order valence-electron chi connectivity index (χ4n) is 12.5. The Hall–Kier alpha value is -9.58. The van der Waals surface area contributed by atoms with E-state index in [9.17, 15) is 0 Å². The monoisotopic (exact) mass is 920 g/mol. The maximum atomic E-state index is 7.32. The topological polar surface area (TPSA) is 45.9 Å². The fraction of sp³-hybridized carbons (Fsp3) is 0.0149. The van der Waals surface area contributed by atoms with Gasteiger partial charge in [-0.3, -0.25) is 0 Å². The van der Waals surface area contributed by atoms with Crippen molar-refractivity contribution in [1.29, 1.82) is 0 Å². The van der Waals surface area contributed by atoms with Crippen molar-refractivity contribution >= 4 is 99.9 Å². The quantitative estimate of drug-likeness (QED) is 0.166. The molecule has 3 aromatic heterocycles. The van der Waals surface area contributed by atoms with Crippen LogP contribution in [0.4, 0.5) is 34.1 Å². The van der Waals surface area contributed by atoms with E-state index in [0.717, 1.165) is 111 Å². The van der Waals surface area contributed by atoms with Gasteiger partial charge in [0.2, 0.25) is 0 Å². The molecule has 11 aromatic carbocycles. The van der Waals surface area contributed by atoms with Crippen LogP contribution in [0.15, 0.2) is 256 Å². The van der Waals surface area contributed by atoms with Crippen LogP contribution in [-0.4, -0.2) is 0 Å². The Labute approximate surface area is 413 Å². The van der Waals surface area contributed by atoms with Crippen LogP contribution in [0.2, 0.25) is 0 Å². The minimum atomic E-state index is -0.730. The lowest BCUT2D eigenvalue weighted by atomic mass is 9.70. The summed E-state index contributed by atoms with van der Waals surface area (Å²) >= 11 is 0. The highest BCUT2D eigenvalue weighted by molar-refractivity contribution is 6.20. The number of anilines is 6. The summed E-state index contributed by atoms with van der Waals surface area (Å²) in [5, 5.41) is 6.50. The lowest BCUT2D eigenvalue weighted by molar-refractivity contribution is 0.668. The summed E-state index contributed by atoms with van der Waals surface area (Å²) < 4.78 is 20.5. The van der Waals surface area contributed by atoms with Crippen LogP contribution in [0, 0.1) is 0 Å². The predicted molar refractivity (Wildman–Crippen MR) is 294 cm³/mol. The summed E-state index contributed by atoms with van der Waals surface area (Å²) in [5.74, 6) is 0. The number of rotatable bonds is 6. The van der Waals surface area contributed by atoms with E-state index in [1.165, 1.54) is 33.4 Å².